The maximum Gasteiger partial charge on any atom is 0.334 e. The van der Waals surface area contributed by atoms with Gasteiger partial charge in [-0.1, -0.05) is 25.3 Å². The quantitative estimate of drug-likeness (QED) is 0.172. The van der Waals surface area contributed by atoms with Crippen molar-refractivity contribution in [3.63, 3.8) is 0 Å². The summed E-state index contributed by atoms with van der Waals surface area (Å²) in [6.07, 6.45) is 12.1. The number of esters is 2. The van der Waals surface area contributed by atoms with Crippen LogP contribution in [-0.2, 0) is 28.6 Å². The number of aliphatic hydroxyl groups excluding tert-OH is 1. The SMILES string of the molecule is CC=C(C)C(=O)OC(C)(C)[C@@]1(CC2CC(N)NCC2CC(=O)N2CC(CNC)C2)CC2CC3CC(C4(CCO)CCCCC4)C(=O)OC3CC2O1. The van der Waals surface area contributed by atoms with Gasteiger partial charge >= 0.3 is 11.9 Å². The molecular formula is C40H66N4O7. The van der Waals surface area contributed by atoms with Gasteiger partial charge in [0, 0.05) is 57.1 Å². The number of ether oxygens (including phenoxy) is 3. The van der Waals surface area contributed by atoms with Crippen molar-refractivity contribution in [1.82, 2.24) is 15.5 Å². The molecule has 0 aromatic heterocycles. The zero-order chi connectivity index (χ0) is 36.6. The number of nitrogens with zero attached hydrogens (tertiary/aromatic N) is 1. The molecule has 11 heteroatoms. The molecule has 4 aliphatic heterocycles. The molecule has 11 nitrogen and oxygen atoms in total. The Labute approximate surface area is 305 Å². The van der Waals surface area contributed by atoms with Crippen molar-refractivity contribution in [2.75, 3.05) is 39.8 Å². The first-order valence-corrected chi connectivity index (χ1v) is 20.1. The summed E-state index contributed by atoms with van der Waals surface area (Å²) in [5.74, 6) is 0.708. The maximum absolute atomic E-state index is 13.7. The molecule has 0 aromatic carbocycles. The van der Waals surface area contributed by atoms with Gasteiger partial charge in [0.1, 0.15) is 17.3 Å². The first kappa shape index (κ1) is 38.7. The highest BCUT2D eigenvalue weighted by atomic mass is 16.6. The highest BCUT2D eigenvalue weighted by Gasteiger charge is 2.62. The fourth-order valence-corrected chi connectivity index (χ4v) is 11.0. The van der Waals surface area contributed by atoms with E-state index >= 15 is 0 Å². The standard InChI is InChI=1S/C40H66N4O7/c1-6-25(2)36(47)51-38(3,4)40(19-28-16-34(41)43-22-30(28)17-35(46)44-23-26(24-44)21-42-5)20-29-14-27-15-31(37(48)49-32(27)18-33(29)50-40)39(12-13-45)10-8-7-9-11-39/h6,26-34,42-43,45H,7-24,41H2,1-5H3/t27?,28?,29?,30?,31?,32?,33?,34?,40-/m1/s1. The molecule has 0 radical (unpaired) electrons. The monoisotopic (exact) mass is 714 g/mol. The minimum Gasteiger partial charge on any atom is -0.462 e. The molecule has 4 saturated heterocycles. The molecule has 0 aromatic rings. The van der Waals surface area contributed by atoms with Gasteiger partial charge < -0.3 is 40.6 Å². The van der Waals surface area contributed by atoms with Crippen LogP contribution in [0.1, 0.15) is 111 Å². The van der Waals surface area contributed by atoms with E-state index in [-0.39, 0.29) is 77.8 Å². The lowest BCUT2D eigenvalue weighted by molar-refractivity contribution is -0.210. The summed E-state index contributed by atoms with van der Waals surface area (Å²) >= 11 is 0. The lowest BCUT2D eigenvalue weighted by Crippen LogP contribution is -2.58. The van der Waals surface area contributed by atoms with E-state index in [1.54, 1.807) is 13.0 Å². The van der Waals surface area contributed by atoms with Crippen molar-refractivity contribution < 1.29 is 33.7 Å². The number of rotatable bonds is 12. The number of nitrogens with one attached hydrogen (secondary N) is 2. The predicted molar refractivity (Wildman–Crippen MR) is 194 cm³/mol. The zero-order valence-corrected chi connectivity index (χ0v) is 31.9. The summed E-state index contributed by atoms with van der Waals surface area (Å²) in [4.78, 5) is 42.5. The number of allylic oxidation sites excluding steroid dienone is 1. The minimum absolute atomic E-state index is 0.0787. The average Bonchev–Trinajstić information content (AvgIpc) is 3.44. The van der Waals surface area contributed by atoms with Crippen LogP contribution in [0, 0.1) is 40.9 Å². The summed E-state index contributed by atoms with van der Waals surface area (Å²) < 4.78 is 19.9. The third-order valence-corrected chi connectivity index (χ3v) is 14.3. The summed E-state index contributed by atoms with van der Waals surface area (Å²) in [7, 11) is 1.95. The van der Waals surface area contributed by atoms with Gasteiger partial charge in [-0.15, -0.1) is 0 Å². The molecule has 2 aliphatic carbocycles. The lowest BCUT2D eigenvalue weighted by Gasteiger charge is -2.49. The molecule has 1 amide bonds. The Hall–Kier alpha value is -2.05. The molecule has 2 saturated carbocycles. The number of aliphatic hydroxyl groups is 1. The molecular weight excluding hydrogens is 648 g/mol. The van der Waals surface area contributed by atoms with Gasteiger partial charge in [-0.3, -0.25) is 9.59 Å². The highest BCUT2D eigenvalue weighted by molar-refractivity contribution is 5.88. The number of hydrogen-bond donors (Lipinski definition) is 4. The molecule has 0 bridgehead atoms. The van der Waals surface area contributed by atoms with Crippen LogP contribution in [0.25, 0.3) is 0 Å². The second kappa shape index (κ2) is 15.7. The summed E-state index contributed by atoms with van der Waals surface area (Å²) in [5, 5.41) is 16.7. The summed E-state index contributed by atoms with van der Waals surface area (Å²) in [6.45, 7) is 10.8. The number of likely N-dealkylation sites (tertiary alicyclic amines) is 1. The van der Waals surface area contributed by atoms with E-state index in [0.717, 1.165) is 64.6 Å². The number of fused-ring (bicyclic) bond motifs is 2. The van der Waals surface area contributed by atoms with E-state index in [0.29, 0.717) is 50.1 Å². The fourth-order valence-electron chi connectivity index (χ4n) is 11.0. The van der Waals surface area contributed by atoms with E-state index in [2.05, 4.69) is 10.6 Å². The molecule has 6 fully saturated rings. The maximum atomic E-state index is 13.7. The third-order valence-electron chi connectivity index (χ3n) is 14.3. The van der Waals surface area contributed by atoms with Gasteiger partial charge in [0.2, 0.25) is 5.91 Å². The Morgan fingerprint density at radius 1 is 1.10 bits per heavy atom. The number of carbonyl (C=O) groups excluding carboxylic acids is 3. The Kier molecular flexibility index (Phi) is 11.9. The number of nitrogens with two attached hydrogens (primary N) is 1. The summed E-state index contributed by atoms with van der Waals surface area (Å²) in [5.41, 5.74) is 5.14. The second-order valence-electron chi connectivity index (χ2n) is 17.8. The lowest BCUT2D eigenvalue weighted by atomic mass is 9.59. The first-order valence-electron chi connectivity index (χ1n) is 20.1. The second-order valence-corrected chi connectivity index (χ2v) is 17.8. The van der Waals surface area contributed by atoms with Crippen LogP contribution in [0.5, 0.6) is 0 Å². The van der Waals surface area contributed by atoms with Crippen molar-refractivity contribution >= 4 is 17.8 Å². The summed E-state index contributed by atoms with van der Waals surface area (Å²) in [6, 6.07) is 0. The van der Waals surface area contributed by atoms with E-state index in [4.69, 9.17) is 19.9 Å². The Balaban J connectivity index is 1.23. The van der Waals surface area contributed by atoms with Crippen molar-refractivity contribution in [1.29, 1.82) is 0 Å². The third kappa shape index (κ3) is 7.94. The topological polar surface area (TPSA) is 152 Å². The van der Waals surface area contributed by atoms with Crippen LogP contribution in [0.4, 0.5) is 0 Å². The largest absolute Gasteiger partial charge is 0.462 e. The number of amides is 1. The molecule has 6 aliphatic rings. The van der Waals surface area contributed by atoms with Crippen molar-refractivity contribution in [2.45, 2.75) is 141 Å². The van der Waals surface area contributed by atoms with Gasteiger partial charge in [0.15, 0.2) is 0 Å². The molecule has 288 valence electrons. The predicted octanol–water partition coefficient (Wildman–Crippen LogP) is 4.06. The molecule has 8 unspecified atom stereocenters. The molecule has 51 heavy (non-hydrogen) atoms. The Morgan fingerprint density at radius 3 is 2.53 bits per heavy atom. The molecule has 4 heterocycles. The molecule has 6 rings (SSSR count). The molecule has 9 atom stereocenters. The Morgan fingerprint density at radius 2 is 1.84 bits per heavy atom. The molecule has 0 spiro atoms. The van der Waals surface area contributed by atoms with Gasteiger partial charge in [-0.25, -0.2) is 4.79 Å². The van der Waals surface area contributed by atoms with Crippen molar-refractivity contribution in [3.8, 4) is 0 Å². The van der Waals surface area contributed by atoms with Crippen LogP contribution in [-0.4, -0.2) is 97.3 Å². The van der Waals surface area contributed by atoms with E-state index < -0.39 is 11.2 Å². The van der Waals surface area contributed by atoms with Crippen LogP contribution < -0.4 is 16.4 Å². The van der Waals surface area contributed by atoms with Gasteiger partial charge in [0.05, 0.1) is 18.2 Å². The van der Waals surface area contributed by atoms with E-state index in [1.165, 1.54) is 6.42 Å². The number of carbonyl (C=O) groups is 3. The van der Waals surface area contributed by atoms with Crippen LogP contribution in [0.3, 0.4) is 0 Å². The van der Waals surface area contributed by atoms with Crippen LogP contribution in [0.2, 0.25) is 0 Å². The zero-order valence-electron chi connectivity index (χ0n) is 31.9. The molecule has 5 N–H and O–H groups in total. The average molecular weight is 715 g/mol. The van der Waals surface area contributed by atoms with Crippen molar-refractivity contribution in [3.05, 3.63) is 11.6 Å². The number of hydrogen-bond acceptors (Lipinski definition) is 10. The van der Waals surface area contributed by atoms with E-state index in [9.17, 15) is 19.5 Å². The van der Waals surface area contributed by atoms with E-state index in [1.807, 2.05) is 32.7 Å². The van der Waals surface area contributed by atoms with Gasteiger partial charge in [0.25, 0.3) is 0 Å². The normalized spacial score (nSPS) is 37.2. The van der Waals surface area contributed by atoms with Gasteiger partial charge in [-0.2, -0.15) is 0 Å². The van der Waals surface area contributed by atoms with Crippen LogP contribution >= 0.6 is 0 Å². The first-order chi connectivity index (χ1) is 24.3. The van der Waals surface area contributed by atoms with Gasteiger partial charge in [-0.05, 0) is 115 Å². The fraction of sp³-hybridized carbons (Fsp3) is 0.875. The minimum atomic E-state index is -0.968. The Bertz CT molecular complexity index is 1290. The van der Waals surface area contributed by atoms with Crippen molar-refractivity contribution in [2.24, 2.45) is 46.7 Å². The highest BCUT2D eigenvalue weighted by Crippen LogP contribution is 2.57. The number of piperidine rings is 1. The smallest absolute Gasteiger partial charge is 0.334 e. The van der Waals surface area contributed by atoms with Crippen LogP contribution in [0.15, 0.2) is 11.6 Å².